The van der Waals surface area contributed by atoms with Crippen molar-refractivity contribution in [1.82, 2.24) is 10.0 Å². The number of fused-ring (bicyclic) bond motifs is 1. The molecule has 5 heteroatoms. The molecule has 0 aliphatic carbocycles. The maximum atomic E-state index is 10.8. The molecular weight excluding hydrogens is 254 g/mol. The van der Waals surface area contributed by atoms with Crippen LogP contribution in [0.4, 0.5) is 0 Å². The first kappa shape index (κ1) is 13.8. The van der Waals surface area contributed by atoms with E-state index in [1.165, 1.54) is 5.06 Å². The zero-order valence-electron chi connectivity index (χ0n) is 11.0. The van der Waals surface area contributed by atoms with Crippen molar-refractivity contribution in [3.05, 3.63) is 48.2 Å². The highest BCUT2D eigenvalue weighted by molar-refractivity contribution is 5.86. The molecular formula is C15H15N3O2. The second-order valence-corrected chi connectivity index (χ2v) is 4.27. The maximum absolute atomic E-state index is 10.8. The number of nitrogens with zero attached hydrogens (tertiary/aromatic N) is 2. The number of carbonyl (C=O) groups excluding carboxylic acids is 1. The van der Waals surface area contributed by atoms with Crippen LogP contribution in [0.15, 0.2) is 37.1 Å². The van der Waals surface area contributed by atoms with E-state index in [1.807, 2.05) is 18.2 Å². The monoisotopic (exact) mass is 269 g/mol. The fourth-order valence-electron chi connectivity index (χ4n) is 1.95. The number of hydroxylamine groups is 2. The third kappa shape index (κ3) is 3.05. The lowest BCUT2D eigenvalue weighted by Gasteiger charge is -2.15. The summed E-state index contributed by atoms with van der Waals surface area (Å²) in [7, 11) is 0. The molecule has 0 saturated carbocycles. The van der Waals surface area contributed by atoms with Gasteiger partial charge in [-0.3, -0.25) is 9.63 Å². The van der Waals surface area contributed by atoms with Crippen molar-refractivity contribution in [3.8, 4) is 6.07 Å². The van der Waals surface area contributed by atoms with Crippen LogP contribution in [0.25, 0.3) is 10.9 Å². The van der Waals surface area contributed by atoms with Crippen molar-refractivity contribution in [2.24, 2.45) is 0 Å². The van der Waals surface area contributed by atoms with Gasteiger partial charge in [0.05, 0.1) is 18.7 Å². The minimum atomic E-state index is 0.300. The highest BCUT2D eigenvalue weighted by atomic mass is 16.7. The van der Waals surface area contributed by atoms with Gasteiger partial charge in [-0.2, -0.15) is 5.26 Å². The fraction of sp³-hybridized carbons (Fsp3) is 0.200. The molecule has 1 heterocycles. The molecule has 0 aliphatic rings. The number of H-pyrrole nitrogens is 1. The number of carbonyl (C=O) groups is 1. The predicted octanol–water partition coefficient (Wildman–Crippen LogP) is 2.16. The number of rotatable bonds is 7. The molecule has 2 rings (SSSR count). The summed E-state index contributed by atoms with van der Waals surface area (Å²) in [6.07, 6.45) is 4.59. The Morgan fingerprint density at radius 3 is 3.05 bits per heavy atom. The average molecular weight is 269 g/mol. The number of hydrogen-bond acceptors (Lipinski definition) is 3. The average Bonchev–Trinajstić information content (AvgIpc) is 2.89. The van der Waals surface area contributed by atoms with Gasteiger partial charge in [0.25, 0.3) is 0 Å². The molecule has 0 saturated heterocycles. The second kappa shape index (κ2) is 6.55. The normalized spacial score (nSPS) is 10.2. The number of aromatic amines is 1. The smallest absolute Gasteiger partial charge is 0.233 e. The van der Waals surface area contributed by atoms with Gasteiger partial charge in [0.2, 0.25) is 6.41 Å². The second-order valence-electron chi connectivity index (χ2n) is 4.27. The summed E-state index contributed by atoms with van der Waals surface area (Å²) < 4.78 is 0. The van der Waals surface area contributed by atoms with E-state index >= 15 is 0 Å². The Morgan fingerprint density at radius 1 is 1.50 bits per heavy atom. The molecule has 0 aliphatic heterocycles. The molecule has 5 nitrogen and oxygen atoms in total. The van der Waals surface area contributed by atoms with E-state index in [2.05, 4.69) is 17.6 Å². The number of nitriles is 1. The molecule has 0 fully saturated rings. The predicted molar refractivity (Wildman–Crippen MR) is 75.6 cm³/mol. The van der Waals surface area contributed by atoms with Gasteiger partial charge in [0, 0.05) is 17.1 Å². The molecule has 1 aromatic carbocycles. The van der Waals surface area contributed by atoms with E-state index in [4.69, 9.17) is 10.1 Å². The Morgan fingerprint density at radius 2 is 2.35 bits per heavy atom. The minimum Gasteiger partial charge on any atom is -0.360 e. The molecule has 0 radical (unpaired) electrons. The zero-order chi connectivity index (χ0) is 14.4. The summed E-state index contributed by atoms with van der Waals surface area (Å²) in [4.78, 5) is 19.0. The van der Waals surface area contributed by atoms with Gasteiger partial charge in [-0.15, -0.1) is 6.58 Å². The van der Waals surface area contributed by atoms with Crippen molar-refractivity contribution in [1.29, 1.82) is 5.26 Å². The lowest BCUT2D eigenvalue weighted by Crippen LogP contribution is -2.25. The Bertz CT molecular complexity index is 655. The number of nitrogens with one attached hydrogen (secondary N) is 1. The van der Waals surface area contributed by atoms with E-state index in [0.29, 0.717) is 31.5 Å². The molecule has 1 N–H and O–H groups in total. The minimum absolute atomic E-state index is 0.300. The zero-order valence-corrected chi connectivity index (χ0v) is 11.0. The van der Waals surface area contributed by atoms with Crippen LogP contribution in [-0.2, 0) is 16.1 Å². The van der Waals surface area contributed by atoms with Gasteiger partial charge < -0.3 is 4.98 Å². The Labute approximate surface area is 117 Å². The third-order valence-electron chi connectivity index (χ3n) is 2.96. The largest absolute Gasteiger partial charge is 0.360 e. The molecule has 1 aromatic heterocycles. The first-order valence-corrected chi connectivity index (χ1v) is 6.24. The number of hydrogen-bond donors (Lipinski definition) is 1. The SMILES string of the molecule is C=CCON(C=O)CCc1ccc2[nH]cc(C#N)c2c1. The van der Waals surface area contributed by atoms with Crippen LogP contribution in [-0.4, -0.2) is 29.6 Å². The number of benzene rings is 1. The summed E-state index contributed by atoms with van der Waals surface area (Å²) in [6.45, 7) is 4.28. The van der Waals surface area contributed by atoms with Gasteiger partial charge >= 0.3 is 0 Å². The highest BCUT2D eigenvalue weighted by Gasteiger charge is 2.06. The molecule has 2 aromatic rings. The Hall–Kier alpha value is -2.58. The van der Waals surface area contributed by atoms with Crippen molar-refractivity contribution < 1.29 is 9.63 Å². The summed E-state index contributed by atoms with van der Waals surface area (Å²) in [5.41, 5.74) is 2.60. The third-order valence-corrected chi connectivity index (χ3v) is 2.96. The lowest BCUT2D eigenvalue weighted by atomic mass is 10.1. The van der Waals surface area contributed by atoms with Crippen LogP contribution in [0.3, 0.4) is 0 Å². The summed E-state index contributed by atoms with van der Waals surface area (Å²) in [5, 5.41) is 11.2. The highest BCUT2D eigenvalue weighted by Crippen LogP contribution is 2.19. The standard InChI is InChI=1S/C15H15N3O2/c1-2-7-20-18(11-19)6-5-12-3-4-15-14(8-12)13(9-16)10-17-15/h2-4,8,10-11,17H,1,5-7H2. The first-order valence-electron chi connectivity index (χ1n) is 6.24. The maximum Gasteiger partial charge on any atom is 0.233 e. The van der Waals surface area contributed by atoms with Gasteiger partial charge in [0.15, 0.2) is 0 Å². The molecule has 0 atom stereocenters. The number of amides is 1. The first-order chi connectivity index (χ1) is 9.78. The summed E-state index contributed by atoms with van der Waals surface area (Å²) in [5.74, 6) is 0. The van der Waals surface area contributed by atoms with Crippen molar-refractivity contribution >= 4 is 17.3 Å². The van der Waals surface area contributed by atoms with E-state index in [-0.39, 0.29) is 0 Å². The van der Waals surface area contributed by atoms with Crippen LogP contribution in [0.1, 0.15) is 11.1 Å². The van der Waals surface area contributed by atoms with Crippen molar-refractivity contribution in [2.75, 3.05) is 13.2 Å². The van der Waals surface area contributed by atoms with E-state index < -0.39 is 0 Å². The topological polar surface area (TPSA) is 69.1 Å². The van der Waals surface area contributed by atoms with E-state index in [0.717, 1.165) is 16.5 Å². The molecule has 20 heavy (non-hydrogen) atoms. The molecule has 0 bridgehead atoms. The van der Waals surface area contributed by atoms with Gasteiger partial charge in [-0.05, 0) is 24.1 Å². The Balaban J connectivity index is 2.07. The summed E-state index contributed by atoms with van der Waals surface area (Å²) in [6, 6.07) is 8.01. The van der Waals surface area contributed by atoms with E-state index in [9.17, 15) is 4.79 Å². The van der Waals surface area contributed by atoms with Crippen LogP contribution in [0.5, 0.6) is 0 Å². The number of aromatic nitrogens is 1. The van der Waals surface area contributed by atoms with Crippen LogP contribution >= 0.6 is 0 Å². The van der Waals surface area contributed by atoms with E-state index in [1.54, 1.807) is 12.3 Å². The van der Waals surface area contributed by atoms with Gasteiger partial charge in [-0.25, -0.2) is 5.06 Å². The Kier molecular flexibility index (Phi) is 4.53. The van der Waals surface area contributed by atoms with Crippen LogP contribution in [0, 0.1) is 11.3 Å². The summed E-state index contributed by atoms with van der Waals surface area (Å²) >= 11 is 0. The fourth-order valence-corrected chi connectivity index (χ4v) is 1.95. The lowest BCUT2D eigenvalue weighted by molar-refractivity contribution is -0.167. The van der Waals surface area contributed by atoms with Crippen LogP contribution < -0.4 is 0 Å². The quantitative estimate of drug-likeness (QED) is 0.475. The van der Waals surface area contributed by atoms with Crippen molar-refractivity contribution in [3.63, 3.8) is 0 Å². The molecule has 0 spiro atoms. The van der Waals surface area contributed by atoms with Crippen molar-refractivity contribution in [2.45, 2.75) is 6.42 Å². The van der Waals surface area contributed by atoms with Crippen LogP contribution in [0.2, 0.25) is 0 Å². The molecule has 0 unspecified atom stereocenters. The van der Waals surface area contributed by atoms with Gasteiger partial charge in [-0.1, -0.05) is 12.1 Å². The molecule has 102 valence electrons. The molecule has 1 amide bonds. The van der Waals surface area contributed by atoms with Gasteiger partial charge in [0.1, 0.15) is 6.07 Å².